The van der Waals surface area contributed by atoms with Crippen LogP contribution in [0.3, 0.4) is 0 Å². The van der Waals surface area contributed by atoms with Gasteiger partial charge in [0, 0.05) is 31.0 Å². The Morgan fingerprint density at radius 1 is 1.35 bits per heavy atom. The van der Waals surface area contributed by atoms with Crippen molar-refractivity contribution in [2.24, 2.45) is 0 Å². The van der Waals surface area contributed by atoms with Gasteiger partial charge in [-0.2, -0.15) is 5.26 Å². The van der Waals surface area contributed by atoms with Crippen LogP contribution < -0.4 is 0 Å². The molecule has 1 aromatic heterocycles. The van der Waals surface area contributed by atoms with Gasteiger partial charge in [-0.1, -0.05) is 17.4 Å². The third-order valence-electron chi connectivity index (χ3n) is 3.04. The number of amides is 1. The highest BCUT2D eigenvalue weighted by Gasteiger charge is 2.17. The highest BCUT2D eigenvalue weighted by atomic mass is 16.4. The van der Waals surface area contributed by atoms with Crippen LogP contribution in [-0.2, 0) is 0 Å². The minimum Gasteiger partial charge on any atom is -0.465 e. The third kappa shape index (κ3) is 3.60. The van der Waals surface area contributed by atoms with E-state index in [1.807, 2.05) is 12.1 Å². The molecule has 0 bridgehead atoms. The minimum atomic E-state index is -0.866. The number of rotatable bonds is 0. The van der Waals surface area contributed by atoms with Crippen LogP contribution in [0.2, 0.25) is 0 Å². The average molecular weight is 267 g/mol. The van der Waals surface area contributed by atoms with Crippen LogP contribution in [0.15, 0.2) is 30.1 Å². The van der Waals surface area contributed by atoms with Gasteiger partial charge < -0.3 is 10.0 Å². The molecule has 20 heavy (non-hydrogen) atoms. The first kappa shape index (κ1) is 13.6. The van der Waals surface area contributed by atoms with Gasteiger partial charge in [0.2, 0.25) is 0 Å². The first-order chi connectivity index (χ1) is 9.69. The van der Waals surface area contributed by atoms with Crippen LogP contribution in [0.25, 0.3) is 0 Å². The van der Waals surface area contributed by atoms with Crippen molar-refractivity contribution in [2.75, 3.05) is 13.1 Å². The molecule has 2 rings (SSSR count). The molecule has 5 nitrogen and oxygen atoms in total. The zero-order valence-electron chi connectivity index (χ0n) is 10.8. The fraction of sp³-hybridized carbons (Fsp3) is 0.267. The number of carbonyl (C=O) groups is 1. The number of piperidine rings is 1. The molecule has 1 saturated heterocycles. The lowest BCUT2D eigenvalue weighted by atomic mass is 10.0. The molecule has 1 aliphatic rings. The van der Waals surface area contributed by atoms with Crippen LogP contribution in [0.5, 0.6) is 0 Å². The molecular weight excluding hydrogens is 254 g/mol. The Hall–Kier alpha value is -2.79. The second kappa shape index (κ2) is 6.40. The normalized spacial score (nSPS) is 13.9. The smallest absolute Gasteiger partial charge is 0.407 e. The molecule has 1 aromatic rings. The number of likely N-dealkylation sites (tertiary alicyclic amines) is 1. The highest BCUT2D eigenvalue weighted by Crippen LogP contribution is 2.15. The van der Waals surface area contributed by atoms with Crippen LogP contribution >= 0.6 is 0 Å². The van der Waals surface area contributed by atoms with Gasteiger partial charge in [-0.3, -0.25) is 4.98 Å². The lowest BCUT2D eigenvalue weighted by Crippen LogP contribution is -2.35. The molecule has 1 aliphatic heterocycles. The molecule has 0 aromatic carbocycles. The molecule has 0 spiro atoms. The number of aromatic nitrogens is 1. The van der Waals surface area contributed by atoms with E-state index in [0.717, 1.165) is 18.4 Å². The number of hydrogen-bond acceptors (Lipinski definition) is 3. The molecule has 2 heterocycles. The van der Waals surface area contributed by atoms with Crippen molar-refractivity contribution in [2.45, 2.75) is 12.8 Å². The zero-order valence-corrected chi connectivity index (χ0v) is 10.8. The minimum absolute atomic E-state index is 0.485. The van der Waals surface area contributed by atoms with E-state index in [1.54, 1.807) is 12.3 Å². The summed E-state index contributed by atoms with van der Waals surface area (Å²) in [6, 6.07) is 3.70. The summed E-state index contributed by atoms with van der Waals surface area (Å²) in [6.07, 6.45) is 5.51. The van der Waals surface area contributed by atoms with Crippen molar-refractivity contribution >= 4 is 6.09 Å². The summed E-state index contributed by atoms with van der Waals surface area (Å²) in [6.45, 7) is 1.04. The summed E-state index contributed by atoms with van der Waals surface area (Å²) in [7, 11) is 0. The Morgan fingerprint density at radius 2 is 2.05 bits per heavy atom. The molecule has 0 unspecified atom stereocenters. The summed E-state index contributed by atoms with van der Waals surface area (Å²) < 4.78 is 0. The third-order valence-corrected chi connectivity index (χ3v) is 3.04. The molecule has 1 N–H and O–H groups in total. The van der Waals surface area contributed by atoms with E-state index in [2.05, 4.69) is 16.8 Å². The summed E-state index contributed by atoms with van der Waals surface area (Å²) >= 11 is 0. The molecule has 5 heteroatoms. The largest absolute Gasteiger partial charge is 0.465 e. The topological polar surface area (TPSA) is 77.2 Å². The van der Waals surface area contributed by atoms with Crippen LogP contribution in [0, 0.1) is 23.2 Å². The number of nitrogens with zero attached hydrogens (tertiary/aromatic N) is 3. The van der Waals surface area contributed by atoms with Gasteiger partial charge >= 0.3 is 6.09 Å². The van der Waals surface area contributed by atoms with E-state index in [1.165, 1.54) is 11.1 Å². The number of allylic oxidation sites excluding steroid dienone is 1. The SMILES string of the molecule is N#Cc1cncc(C#CC=C2CCN(C(=O)O)CC2)c1. The molecule has 1 fully saturated rings. The Morgan fingerprint density at radius 3 is 2.70 bits per heavy atom. The van der Waals surface area contributed by atoms with E-state index in [-0.39, 0.29) is 0 Å². The molecule has 1 amide bonds. The Balaban J connectivity index is 1.99. The van der Waals surface area contributed by atoms with Gasteiger partial charge in [0.15, 0.2) is 0 Å². The van der Waals surface area contributed by atoms with Gasteiger partial charge in [0.1, 0.15) is 6.07 Å². The van der Waals surface area contributed by atoms with Crippen molar-refractivity contribution in [3.8, 4) is 17.9 Å². The second-order valence-electron chi connectivity index (χ2n) is 4.42. The first-order valence-electron chi connectivity index (χ1n) is 6.21. The van der Waals surface area contributed by atoms with Gasteiger partial charge in [-0.15, -0.1) is 0 Å². The number of nitriles is 1. The van der Waals surface area contributed by atoms with Crippen molar-refractivity contribution in [3.63, 3.8) is 0 Å². The summed E-state index contributed by atoms with van der Waals surface area (Å²) in [5.74, 6) is 5.87. The quantitative estimate of drug-likeness (QED) is 0.729. The molecule has 0 atom stereocenters. The Kier molecular flexibility index (Phi) is 4.36. The maximum absolute atomic E-state index is 10.8. The predicted octanol–water partition coefficient (Wildman–Crippen LogP) is 2.00. The highest BCUT2D eigenvalue weighted by molar-refractivity contribution is 5.65. The Bertz CT molecular complexity index is 637. The summed E-state index contributed by atoms with van der Waals surface area (Å²) in [5, 5.41) is 17.6. The van der Waals surface area contributed by atoms with Crippen molar-refractivity contribution < 1.29 is 9.90 Å². The van der Waals surface area contributed by atoms with E-state index < -0.39 is 6.09 Å². The molecule has 0 saturated carbocycles. The Labute approximate surface area is 117 Å². The number of hydrogen-bond donors (Lipinski definition) is 1. The fourth-order valence-electron chi connectivity index (χ4n) is 1.92. The maximum Gasteiger partial charge on any atom is 0.407 e. The second-order valence-corrected chi connectivity index (χ2v) is 4.42. The monoisotopic (exact) mass is 267 g/mol. The fourth-order valence-corrected chi connectivity index (χ4v) is 1.92. The van der Waals surface area contributed by atoms with Crippen molar-refractivity contribution in [3.05, 3.63) is 41.2 Å². The van der Waals surface area contributed by atoms with E-state index in [4.69, 9.17) is 10.4 Å². The average Bonchev–Trinajstić information content (AvgIpc) is 2.48. The maximum atomic E-state index is 10.8. The van der Waals surface area contributed by atoms with Crippen molar-refractivity contribution in [1.29, 1.82) is 5.26 Å². The van der Waals surface area contributed by atoms with Crippen molar-refractivity contribution in [1.82, 2.24) is 9.88 Å². The summed E-state index contributed by atoms with van der Waals surface area (Å²) in [4.78, 5) is 16.1. The van der Waals surface area contributed by atoms with Gasteiger partial charge in [0.25, 0.3) is 0 Å². The predicted molar refractivity (Wildman–Crippen MR) is 72.7 cm³/mol. The van der Waals surface area contributed by atoms with Crippen LogP contribution in [0.4, 0.5) is 4.79 Å². The number of pyridine rings is 1. The molecular formula is C15H13N3O2. The first-order valence-corrected chi connectivity index (χ1v) is 6.21. The van der Waals surface area contributed by atoms with E-state index >= 15 is 0 Å². The lowest BCUT2D eigenvalue weighted by Gasteiger charge is -2.25. The van der Waals surface area contributed by atoms with Gasteiger partial charge in [0.05, 0.1) is 5.56 Å². The number of carboxylic acid groups (broad SMARTS) is 1. The van der Waals surface area contributed by atoms with E-state index in [9.17, 15) is 4.79 Å². The molecule has 0 aliphatic carbocycles. The summed E-state index contributed by atoms with van der Waals surface area (Å²) in [5.41, 5.74) is 2.34. The van der Waals surface area contributed by atoms with Gasteiger partial charge in [-0.05, 0) is 25.0 Å². The van der Waals surface area contributed by atoms with Crippen LogP contribution in [0.1, 0.15) is 24.0 Å². The molecule has 0 radical (unpaired) electrons. The van der Waals surface area contributed by atoms with Gasteiger partial charge in [-0.25, -0.2) is 4.79 Å². The standard InChI is InChI=1S/C15H13N3O2/c16-9-14-8-13(10-17-11-14)3-1-2-12-4-6-18(7-5-12)15(19)20/h2,8,10-11H,4-7H2,(H,19,20). The zero-order chi connectivity index (χ0) is 14.4. The van der Waals surface area contributed by atoms with E-state index in [0.29, 0.717) is 24.2 Å². The lowest BCUT2D eigenvalue weighted by molar-refractivity contribution is 0.141. The van der Waals surface area contributed by atoms with Crippen LogP contribution in [-0.4, -0.2) is 34.2 Å². The molecule has 100 valence electrons.